The molecule has 4 heteroatoms. The Labute approximate surface area is 108 Å². The van der Waals surface area contributed by atoms with Crippen molar-refractivity contribution in [3.8, 4) is 0 Å². The van der Waals surface area contributed by atoms with Gasteiger partial charge in [0.05, 0.1) is 11.7 Å². The zero-order valence-electron chi connectivity index (χ0n) is 11.3. The van der Waals surface area contributed by atoms with Gasteiger partial charge in [-0.3, -0.25) is 4.90 Å². The smallest absolute Gasteiger partial charge is 0.111 e. The molecule has 2 rings (SSSR count). The van der Waals surface area contributed by atoms with Crippen LogP contribution in [0.2, 0.25) is 0 Å². The summed E-state index contributed by atoms with van der Waals surface area (Å²) in [5, 5.41) is 3.50. The van der Waals surface area contributed by atoms with Crippen LogP contribution in [-0.4, -0.2) is 48.5 Å². The Balaban J connectivity index is 2.17. The molecule has 1 saturated heterocycles. The maximum Gasteiger partial charge on any atom is 0.111 e. The van der Waals surface area contributed by atoms with Crippen LogP contribution in [0.3, 0.4) is 0 Å². The first-order valence-electron chi connectivity index (χ1n) is 6.42. The summed E-state index contributed by atoms with van der Waals surface area (Å²) in [5.41, 5.74) is 1.24. The molecule has 17 heavy (non-hydrogen) atoms. The predicted octanol–water partition coefficient (Wildman–Crippen LogP) is 2.57. The van der Waals surface area contributed by atoms with Gasteiger partial charge in [-0.25, -0.2) is 4.98 Å². The van der Waals surface area contributed by atoms with E-state index in [9.17, 15) is 0 Å². The molecule has 1 aromatic rings. The fourth-order valence-corrected chi connectivity index (χ4v) is 3.39. The van der Waals surface area contributed by atoms with Gasteiger partial charge in [-0.05, 0) is 39.5 Å². The Morgan fingerprint density at radius 1 is 1.35 bits per heavy atom. The van der Waals surface area contributed by atoms with Gasteiger partial charge in [0.2, 0.25) is 0 Å². The van der Waals surface area contributed by atoms with Crippen LogP contribution in [-0.2, 0) is 0 Å². The molecule has 3 nitrogen and oxygen atoms in total. The molecular formula is C13H23N3S. The van der Waals surface area contributed by atoms with Crippen molar-refractivity contribution < 1.29 is 0 Å². The third kappa shape index (κ3) is 3.06. The van der Waals surface area contributed by atoms with Gasteiger partial charge in [0.15, 0.2) is 0 Å². The Hall–Kier alpha value is -0.450. The standard InChI is InChI=1S/C13H23N3S/c1-10(2)11-9-17-13(14-11)12-8-15(3)6-5-7-16(12)4/h9-10,12H,5-8H2,1-4H3. The fourth-order valence-electron chi connectivity index (χ4n) is 2.26. The quantitative estimate of drug-likeness (QED) is 0.807. The van der Waals surface area contributed by atoms with E-state index in [4.69, 9.17) is 4.98 Å². The summed E-state index contributed by atoms with van der Waals surface area (Å²) in [4.78, 5) is 9.68. The summed E-state index contributed by atoms with van der Waals surface area (Å²) >= 11 is 1.82. The molecule has 1 unspecified atom stereocenters. The number of likely N-dealkylation sites (N-methyl/N-ethyl adjacent to an activating group) is 2. The molecule has 0 aliphatic carbocycles. The van der Waals surface area contributed by atoms with E-state index >= 15 is 0 Å². The van der Waals surface area contributed by atoms with Crippen LogP contribution in [0.25, 0.3) is 0 Å². The van der Waals surface area contributed by atoms with Gasteiger partial charge in [-0.1, -0.05) is 13.8 Å². The van der Waals surface area contributed by atoms with Gasteiger partial charge in [0.1, 0.15) is 5.01 Å². The summed E-state index contributed by atoms with van der Waals surface area (Å²) in [6.45, 7) is 7.89. The summed E-state index contributed by atoms with van der Waals surface area (Å²) in [6, 6.07) is 0.472. The van der Waals surface area contributed by atoms with Crippen molar-refractivity contribution in [1.29, 1.82) is 0 Å². The molecule has 2 heterocycles. The second-order valence-corrected chi connectivity index (χ2v) is 6.27. The molecule has 1 aromatic heterocycles. The first kappa shape index (κ1) is 13.0. The van der Waals surface area contributed by atoms with E-state index in [-0.39, 0.29) is 0 Å². The fraction of sp³-hybridized carbons (Fsp3) is 0.769. The van der Waals surface area contributed by atoms with Crippen molar-refractivity contribution in [2.75, 3.05) is 33.7 Å². The zero-order valence-corrected chi connectivity index (χ0v) is 12.1. The number of hydrogen-bond donors (Lipinski definition) is 0. The van der Waals surface area contributed by atoms with E-state index in [1.165, 1.54) is 30.2 Å². The summed E-state index contributed by atoms with van der Waals surface area (Å²) in [7, 11) is 4.43. The number of hydrogen-bond acceptors (Lipinski definition) is 4. The molecule has 1 fully saturated rings. The maximum atomic E-state index is 4.81. The number of nitrogens with zero attached hydrogens (tertiary/aromatic N) is 3. The second-order valence-electron chi connectivity index (χ2n) is 5.38. The summed E-state index contributed by atoms with van der Waals surface area (Å²) in [5.74, 6) is 0.536. The Kier molecular flexibility index (Phi) is 4.17. The molecule has 0 saturated carbocycles. The average molecular weight is 253 g/mol. The van der Waals surface area contributed by atoms with Crippen LogP contribution in [0.1, 0.15) is 42.9 Å². The zero-order chi connectivity index (χ0) is 12.4. The van der Waals surface area contributed by atoms with Crippen molar-refractivity contribution in [1.82, 2.24) is 14.8 Å². The highest BCUT2D eigenvalue weighted by molar-refractivity contribution is 7.09. The molecule has 1 aliphatic heterocycles. The lowest BCUT2D eigenvalue weighted by atomic mass is 10.2. The summed E-state index contributed by atoms with van der Waals surface area (Å²) in [6.07, 6.45) is 1.26. The second kappa shape index (κ2) is 5.46. The van der Waals surface area contributed by atoms with Crippen LogP contribution < -0.4 is 0 Å². The lowest BCUT2D eigenvalue weighted by molar-refractivity contribution is 0.228. The van der Waals surface area contributed by atoms with E-state index in [1.807, 2.05) is 11.3 Å². The largest absolute Gasteiger partial charge is 0.304 e. The van der Waals surface area contributed by atoms with Gasteiger partial charge in [-0.15, -0.1) is 11.3 Å². The van der Waals surface area contributed by atoms with Gasteiger partial charge < -0.3 is 4.90 Å². The Morgan fingerprint density at radius 3 is 2.76 bits per heavy atom. The van der Waals surface area contributed by atoms with Crippen LogP contribution in [0.4, 0.5) is 0 Å². The van der Waals surface area contributed by atoms with Crippen LogP contribution >= 0.6 is 11.3 Å². The first-order valence-corrected chi connectivity index (χ1v) is 7.30. The van der Waals surface area contributed by atoms with Crippen molar-refractivity contribution in [2.24, 2.45) is 0 Å². The van der Waals surface area contributed by atoms with Gasteiger partial charge in [0, 0.05) is 11.9 Å². The third-order valence-corrected chi connectivity index (χ3v) is 4.45. The number of rotatable bonds is 2. The van der Waals surface area contributed by atoms with E-state index in [0.717, 1.165) is 6.54 Å². The normalized spacial score (nSPS) is 24.2. The van der Waals surface area contributed by atoms with Crippen LogP contribution in [0.15, 0.2) is 5.38 Å². The molecule has 0 radical (unpaired) electrons. The van der Waals surface area contributed by atoms with E-state index in [1.54, 1.807) is 0 Å². The molecule has 0 spiro atoms. The highest BCUT2D eigenvalue weighted by atomic mass is 32.1. The molecule has 1 atom stereocenters. The Bertz CT molecular complexity index is 361. The predicted molar refractivity (Wildman–Crippen MR) is 73.7 cm³/mol. The van der Waals surface area contributed by atoms with E-state index in [2.05, 4.69) is 43.1 Å². The van der Waals surface area contributed by atoms with Crippen molar-refractivity contribution in [3.05, 3.63) is 16.1 Å². The highest BCUT2D eigenvalue weighted by Crippen LogP contribution is 2.28. The molecule has 0 amide bonds. The van der Waals surface area contributed by atoms with E-state index in [0.29, 0.717) is 12.0 Å². The van der Waals surface area contributed by atoms with E-state index < -0.39 is 0 Å². The molecule has 0 aromatic carbocycles. The molecule has 0 bridgehead atoms. The average Bonchev–Trinajstić information content (AvgIpc) is 2.68. The van der Waals surface area contributed by atoms with Gasteiger partial charge >= 0.3 is 0 Å². The third-order valence-electron chi connectivity index (χ3n) is 3.48. The van der Waals surface area contributed by atoms with Gasteiger partial charge in [-0.2, -0.15) is 0 Å². The van der Waals surface area contributed by atoms with Crippen LogP contribution in [0, 0.1) is 0 Å². The first-order chi connectivity index (χ1) is 8.08. The van der Waals surface area contributed by atoms with Crippen LogP contribution in [0.5, 0.6) is 0 Å². The topological polar surface area (TPSA) is 19.4 Å². The summed E-state index contributed by atoms with van der Waals surface area (Å²) < 4.78 is 0. The molecule has 1 aliphatic rings. The minimum atomic E-state index is 0.472. The molecule has 96 valence electrons. The lowest BCUT2D eigenvalue weighted by Gasteiger charge is -2.25. The van der Waals surface area contributed by atoms with Crippen molar-refractivity contribution >= 4 is 11.3 Å². The van der Waals surface area contributed by atoms with Gasteiger partial charge in [0.25, 0.3) is 0 Å². The maximum absolute atomic E-state index is 4.81. The minimum absolute atomic E-state index is 0.472. The molecular weight excluding hydrogens is 230 g/mol. The highest BCUT2D eigenvalue weighted by Gasteiger charge is 2.24. The van der Waals surface area contributed by atoms with Crippen molar-refractivity contribution in [3.63, 3.8) is 0 Å². The SMILES string of the molecule is CC(C)c1csc(C2CN(C)CCCN2C)n1. The molecule has 0 N–H and O–H groups in total. The Morgan fingerprint density at radius 2 is 2.12 bits per heavy atom. The van der Waals surface area contributed by atoms with Crippen molar-refractivity contribution in [2.45, 2.75) is 32.2 Å². The minimum Gasteiger partial charge on any atom is -0.304 e. The lowest BCUT2D eigenvalue weighted by Crippen LogP contribution is -2.30. The monoisotopic (exact) mass is 253 g/mol. The number of aromatic nitrogens is 1. The number of thiazole rings is 1.